The van der Waals surface area contributed by atoms with Gasteiger partial charge >= 0.3 is 0 Å². The Balaban J connectivity index is 1.39. The minimum atomic E-state index is -0.201. The van der Waals surface area contributed by atoms with Gasteiger partial charge in [-0.2, -0.15) is 5.10 Å². The lowest BCUT2D eigenvalue weighted by Gasteiger charge is -2.28. The molecule has 0 amide bonds. The zero-order chi connectivity index (χ0) is 21.2. The van der Waals surface area contributed by atoms with Crippen LogP contribution in [0.4, 0.5) is 5.82 Å². The summed E-state index contributed by atoms with van der Waals surface area (Å²) in [5.41, 5.74) is 3.57. The fraction of sp³-hybridized carbons (Fsp3) is 0.273. The number of benzene rings is 1. The first-order chi connectivity index (χ1) is 15.2. The molecule has 1 atom stereocenters. The number of anilines is 1. The molecule has 1 unspecified atom stereocenters. The molecule has 1 aromatic carbocycles. The second-order valence-corrected chi connectivity index (χ2v) is 9.27. The van der Waals surface area contributed by atoms with Gasteiger partial charge < -0.3 is 9.64 Å². The average Bonchev–Trinajstić information content (AvgIpc) is 3.23. The number of nitrogens with zero attached hydrogens (tertiary/aromatic N) is 5. The molecule has 2 N–H and O–H groups in total. The Kier molecular flexibility index (Phi) is 5.33. The van der Waals surface area contributed by atoms with Gasteiger partial charge in [0.2, 0.25) is 0 Å². The maximum atomic E-state index is 7.89. The van der Waals surface area contributed by atoms with Crippen molar-refractivity contribution in [1.29, 1.82) is 4.78 Å². The maximum absolute atomic E-state index is 7.89. The van der Waals surface area contributed by atoms with Crippen molar-refractivity contribution in [3.63, 3.8) is 0 Å². The number of ether oxygens (including phenoxy) is 1. The van der Waals surface area contributed by atoms with Crippen LogP contribution in [0.5, 0.6) is 5.75 Å². The van der Waals surface area contributed by atoms with Crippen LogP contribution in [-0.2, 0) is 10.7 Å². The van der Waals surface area contributed by atoms with E-state index in [2.05, 4.69) is 36.1 Å². The van der Waals surface area contributed by atoms with Gasteiger partial charge in [-0.05, 0) is 43.3 Å². The van der Waals surface area contributed by atoms with Crippen molar-refractivity contribution in [2.45, 2.75) is 13.0 Å². The molecule has 31 heavy (non-hydrogen) atoms. The smallest absolute Gasteiger partial charge is 0.138 e. The van der Waals surface area contributed by atoms with E-state index in [4.69, 9.17) is 9.52 Å². The maximum Gasteiger partial charge on any atom is 0.138 e. The number of aromatic amines is 1. The first kappa shape index (κ1) is 19.6. The highest BCUT2D eigenvalue weighted by atomic mass is 32.2. The summed E-state index contributed by atoms with van der Waals surface area (Å²) in [7, 11) is -0.201. The van der Waals surface area contributed by atoms with Crippen LogP contribution in [0.15, 0.2) is 55.1 Å². The number of nitrogens with one attached hydrogen (secondary N) is 2. The Labute approximate surface area is 182 Å². The van der Waals surface area contributed by atoms with Gasteiger partial charge in [0.05, 0.1) is 11.2 Å². The zero-order valence-corrected chi connectivity index (χ0v) is 18.0. The number of pyridine rings is 1. The van der Waals surface area contributed by atoms with E-state index in [1.165, 1.54) is 6.33 Å². The normalized spacial score (nSPS) is 15.8. The largest absolute Gasteiger partial charge is 0.484 e. The van der Waals surface area contributed by atoms with Crippen molar-refractivity contribution in [3.8, 4) is 17.0 Å². The second kappa shape index (κ2) is 8.43. The molecule has 0 radical (unpaired) electrons. The third kappa shape index (κ3) is 4.13. The van der Waals surface area contributed by atoms with Gasteiger partial charge in [0.15, 0.2) is 0 Å². The molecule has 0 aliphatic carbocycles. The van der Waals surface area contributed by atoms with Crippen LogP contribution in [0, 0.1) is 4.78 Å². The molecule has 1 aliphatic heterocycles. The third-order valence-electron chi connectivity index (χ3n) is 5.43. The molecule has 1 aliphatic rings. The first-order valence-electron chi connectivity index (χ1n) is 10.2. The number of fused-ring (bicyclic) bond motifs is 1. The van der Waals surface area contributed by atoms with E-state index in [1.54, 1.807) is 6.20 Å². The Morgan fingerprint density at radius 3 is 2.74 bits per heavy atom. The molecule has 3 aromatic heterocycles. The Morgan fingerprint density at radius 2 is 2.00 bits per heavy atom. The Morgan fingerprint density at radius 1 is 1.13 bits per heavy atom. The van der Waals surface area contributed by atoms with Gasteiger partial charge in [-0.25, -0.2) is 15.0 Å². The summed E-state index contributed by atoms with van der Waals surface area (Å²) in [5, 5.41) is 8.60. The quantitative estimate of drug-likeness (QED) is 0.497. The molecule has 0 saturated carbocycles. The van der Waals surface area contributed by atoms with E-state index in [1.807, 2.05) is 43.5 Å². The lowest BCUT2D eigenvalue weighted by molar-refractivity contribution is 0.222. The summed E-state index contributed by atoms with van der Waals surface area (Å²) < 4.78 is 14.0. The molecule has 1 fully saturated rings. The fourth-order valence-corrected chi connectivity index (χ4v) is 4.77. The number of hydrogen-bond acceptors (Lipinski definition) is 7. The van der Waals surface area contributed by atoms with Crippen molar-refractivity contribution >= 4 is 27.4 Å². The van der Waals surface area contributed by atoms with Gasteiger partial charge in [-0.3, -0.25) is 9.88 Å². The van der Waals surface area contributed by atoms with E-state index in [0.29, 0.717) is 0 Å². The number of H-pyrrole nitrogens is 1. The summed E-state index contributed by atoms with van der Waals surface area (Å²) in [6.45, 7) is 3.76. The molecule has 0 spiro atoms. The van der Waals surface area contributed by atoms with E-state index in [-0.39, 0.29) is 16.8 Å². The van der Waals surface area contributed by atoms with Crippen molar-refractivity contribution in [1.82, 2.24) is 25.1 Å². The van der Waals surface area contributed by atoms with Crippen LogP contribution >= 0.6 is 0 Å². The van der Waals surface area contributed by atoms with Crippen LogP contribution in [0.3, 0.4) is 0 Å². The number of hydrogen-bond donors (Lipinski definition) is 2. The van der Waals surface area contributed by atoms with Gasteiger partial charge in [-0.15, -0.1) is 10.7 Å². The lowest BCUT2D eigenvalue weighted by Crippen LogP contribution is -2.37. The second-order valence-electron chi connectivity index (χ2n) is 7.47. The molecule has 8 nitrogen and oxygen atoms in total. The van der Waals surface area contributed by atoms with Crippen LogP contribution in [0.2, 0.25) is 0 Å². The minimum Gasteiger partial charge on any atom is -0.484 e. The molecule has 4 heterocycles. The van der Waals surface area contributed by atoms with Crippen molar-refractivity contribution in [2.24, 2.45) is 0 Å². The minimum absolute atomic E-state index is 0.190. The van der Waals surface area contributed by atoms with E-state index in [9.17, 15) is 0 Å². The van der Waals surface area contributed by atoms with Crippen molar-refractivity contribution < 1.29 is 4.74 Å². The molecule has 9 heteroatoms. The van der Waals surface area contributed by atoms with E-state index >= 15 is 0 Å². The van der Waals surface area contributed by atoms with Gasteiger partial charge in [0.25, 0.3) is 0 Å². The predicted molar refractivity (Wildman–Crippen MR) is 122 cm³/mol. The van der Waals surface area contributed by atoms with Crippen molar-refractivity contribution in [3.05, 3.63) is 60.8 Å². The molecule has 5 rings (SSSR count). The highest BCUT2D eigenvalue weighted by molar-refractivity contribution is 7.86. The molecule has 1 saturated heterocycles. The molecular formula is C22H23N7OS. The van der Waals surface area contributed by atoms with Crippen LogP contribution in [0.1, 0.15) is 18.7 Å². The summed E-state index contributed by atoms with van der Waals surface area (Å²) >= 11 is 0. The van der Waals surface area contributed by atoms with Gasteiger partial charge in [-0.1, -0.05) is 0 Å². The highest BCUT2D eigenvalue weighted by Gasteiger charge is 2.16. The summed E-state index contributed by atoms with van der Waals surface area (Å²) in [5.74, 6) is 3.56. The molecule has 4 aromatic rings. The summed E-state index contributed by atoms with van der Waals surface area (Å²) in [6, 6.07) is 11.9. The number of aromatic nitrogens is 5. The predicted octanol–water partition coefficient (Wildman–Crippen LogP) is 3.76. The monoisotopic (exact) mass is 433 g/mol. The van der Waals surface area contributed by atoms with E-state index in [0.717, 1.165) is 64.0 Å². The molecule has 158 valence electrons. The first-order valence-corrected chi connectivity index (χ1v) is 11.7. The van der Waals surface area contributed by atoms with E-state index < -0.39 is 0 Å². The summed E-state index contributed by atoms with van der Waals surface area (Å²) in [4.78, 5) is 15.1. The van der Waals surface area contributed by atoms with Gasteiger partial charge in [0, 0.05) is 47.9 Å². The van der Waals surface area contributed by atoms with Crippen LogP contribution in [-0.4, -0.2) is 49.7 Å². The summed E-state index contributed by atoms with van der Waals surface area (Å²) in [6.07, 6.45) is 4.92. The fourth-order valence-electron chi connectivity index (χ4n) is 3.69. The standard InChI is InChI=1S/C22H23N7OS/c1-15(19-6-7-24-14-26-19)30-17-3-4-20-18(12-17)22(28-27-20)16-2-5-21(25-13-16)29-8-10-31(23)11-9-29/h2-7,12-15,23H,8-11H2,1H3,(H,27,28). The Bertz CT molecular complexity index is 1200. The topological polar surface area (TPSA) is 104 Å². The average molecular weight is 434 g/mol. The van der Waals surface area contributed by atoms with Crippen molar-refractivity contribution in [2.75, 3.05) is 29.5 Å². The van der Waals surface area contributed by atoms with Crippen LogP contribution in [0.25, 0.3) is 22.2 Å². The van der Waals surface area contributed by atoms with Gasteiger partial charge in [0.1, 0.15) is 29.7 Å². The molecule has 0 bridgehead atoms. The SMILES string of the molecule is CC(Oc1ccc2[nH]nc(-c3ccc(N4CCS(=N)CC4)nc3)c2c1)c1ccncn1. The Hall–Kier alpha value is -3.33. The third-order valence-corrected chi connectivity index (χ3v) is 6.78. The highest BCUT2D eigenvalue weighted by Crippen LogP contribution is 2.31. The molecular weight excluding hydrogens is 410 g/mol. The number of rotatable bonds is 5. The lowest BCUT2D eigenvalue weighted by atomic mass is 10.1. The van der Waals surface area contributed by atoms with Crippen LogP contribution < -0.4 is 9.64 Å². The zero-order valence-electron chi connectivity index (χ0n) is 17.2.